The molecule has 0 amide bonds. The number of oxazole rings is 1. The first kappa shape index (κ1) is 20.9. The quantitative estimate of drug-likeness (QED) is 0.545. The van der Waals surface area contributed by atoms with Crippen molar-refractivity contribution in [2.75, 3.05) is 26.2 Å². The Morgan fingerprint density at radius 2 is 1.77 bits per heavy atom. The second kappa shape index (κ2) is 8.77. The molecule has 0 radical (unpaired) electrons. The van der Waals surface area contributed by atoms with E-state index < -0.39 is 16.7 Å². The Morgan fingerprint density at radius 3 is 2.47 bits per heavy atom. The van der Waals surface area contributed by atoms with Gasteiger partial charge in [0, 0.05) is 44.2 Å². The van der Waals surface area contributed by atoms with E-state index in [4.69, 9.17) is 4.42 Å². The van der Waals surface area contributed by atoms with Crippen LogP contribution in [0.25, 0.3) is 23.3 Å². The number of benzene rings is 2. The second-order valence-electron chi connectivity index (χ2n) is 6.95. The summed E-state index contributed by atoms with van der Waals surface area (Å²) in [5, 5.41) is 0. The molecule has 0 bridgehead atoms. The fourth-order valence-electron chi connectivity index (χ4n) is 3.42. The molecule has 0 N–H and O–H groups in total. The number of aryl methyl sites for hydroxylation is 1. The maximum Gasteiger partial charge on any atom is 0.419 e. The lowest BCUT2D eigenvalue weighted by Gasteiger charge is -2.32. The van der Waals surface area contributed by atoms with Gasteiger partial charge in [0.05, 0.1) is 10.4 Å². The van der Waals surface area contributed by atoms with Crippen LogP contribution in [0.4, 0.5) is 0 Å². The summed E-state index contributed by atoms with van der Waals surface area (Å²) >= 11 is 1.70. The van der Waals surface area contributed by atoms with Crippen molar-refractivity contribution >= 4 is 46.2 Å². The molecule has 0 saturated carbocycles. The molecular formula is C22H23N3O3S2. The Kier molecular flexibility index (Phi) is 6.10. The molecule has 2 heterocycles. The van der Waals surface area contributed by atoms with E-state index >= 15 is 0 Å². The predicted molar refractivity (Wildman–Crippen MR) is 123 cm³/mol. The minimum atomic E-state index is -1.29. The zero-order valence-electron chi connectivity index (χ0n) is 16.7. The number of aromatic nitrogens is 1. The van der Waals surface area contributed by atoms with Crippen LogP contribution in [0.5, 0.6) is 0 Å². The van der Waals surface area contributed by atoms with E-state index in [1.807, 2.05) is 16.5 Å². The molecule has 1 aromatic heterocycles. The van der Waals surface area contributed by atoms with Crippen LogP contribution in [0.15, 0.2) is 68.6 Å². The van der Waals surface area contributed by atoms with E-state index in [-0.39, 0.29) is 0 Å². The first-order valence-electron chi connectivity index (χ1n) is 9.58. The molecule has 2 aromatic carbocycles. The largest absolute Gasteiger partial charge is 0.419 e. The lowest BCUT2D eigenvalue weighted by molar-refractivity contribution is 0.300. The third-order valence-electron chi connectivity index (χ3n) is 5.13. The molecule has 8 heteroatoms. The van der Waals surface area contributed by atoms with Crippen molar-refractivity contribution < 1.29 is 8.63 Å². The first-order valence-corrected chi connectivity index (χ1v) is 11.5. The van der Waals surface area contributed by atoms with E-state index in [0.29, 0.717) is 29.1 Å². The van der Waals surface area contributed by atoms with Gasteiger partial charge in [-0.3, -0.25) is 4.57 Å². The van der Waals surface area contributed by atoms with E-state index in [2.05, 4.69) is 35.7 Å². The SMILES string of the molecule is C=Cc1ccc(SN2CCN(S(=O)c3ccc4c(c3)oc(=O)n4C)CC2)cc1C=C. The van der Waals surface area contributed by atoms with Gasteiger partial charge in [0.15, 0.2) is 5.58 Å². The monoisotopic (exact) mass is 441 g/mol. The Hall–Kier alpha value is -2.39. The van der Waals surface area contributed by atoms with Gasteiger partial charge in [-0.2, -0.15) is 0 Å². The third-order valence-corrected chi connectivity index (χ3v) is 7.71. The van der Waals surface area contributed by atoms with Crippen molar-refractivity contribution in [3.8, 4) is 0 Å². The van der Waals surface area contributed by atoms with Gasteiger partial charge in [-0.15, -0.1) is 0 Å². The smallest absolute Gasteiger partial charge is 0.408 e. The van der Waals surface area contributed by atoms with Crippen LogP contribution >= 0.6 is 11.9 Å². The van der Waals surface area contributed by atoms with Crippen molar-refractivity contribution in [2.45, 2.75) is 9.79 Å². The summed E-state index contributed by atoms with van der Waals surface area (Å²) in [6.07, 6.45) is 3.67. The fraction of sp³-hybridized carbons (Fsp3) is 0.227. The summed E-state index contributed by atoms with van der Waals surface area (Å²) in [5.74, 6) is -0.417. The first-order chi connectivity index (χ1) is 14.5. The molecule has 1 aliphatic heterocycles. The standard InChI is InChI=1S/C22H23N3O3S2/c1-4-16-6-7-18(14-17(16)5-2)29-24-10-12-25(13-11-24)30(27)19-8-9-20-21(15-19)28-22(26)23(20)3/h4-9,14-15H,1-2,10-13H2,3H3. The average Bonchev–Trinajstić information content (AvgIpc) is 3.06. The molecular weight excluding hydrogens is 418 g/mol. The molecule has 156 valence electrons. The maximum absolute atomic E-state index is 13.0. The molecule has 0 aliphatic carbocycles. The van der Waals surface area contributed by atoms with Crippen molar-refractivity contribution in [3.63, 3.8) is 0 Å². The van der Waals surface area contributed by atoms with Gasteiger partial charge >= 0.3 is 5.76 Å². The van der Waals surface area contributed by atoms with Gasteiger partial charge in [-0.05, 0) is 47.3 Å². The summed E-state index contributed by atoms with van der Waals surface area (Å²) < 4.78 is 23.9. The maximum atomic E-state index is 13.0. The summed E-state index contributed by atoms with van der Waals surface area (Å²) in [6.45, 7) is 10.7. The van der Waals surface area contributed by atoms with Gasteiger partial charge in [0.25, 0.3) is 0 Å². The highest BCUT2D eigenvalue weighted by Crippen LogP contribution is 2.28. The van der Waals surface area contributed by atoms with Crippen LogP contribution in [0.1, 0.15) is 11.1 Å². The lowest BCUT2D eigenvalue weighted by Crippen LogP contribution is -2.44. The summed E-state index contributed by atoms with van der Waals surface area (Å²) in [5.41, 5.74) is 3.30. The highest BCUT2D eigenvalue weighted by Gasteiger charge is 2.23. The van der Waals surface area contributed by atoms with Crippen LogP contribution in [0, 0.1) is 0 Å². The number of fused-ring (bicyclic) bond motifs is 1. The van der Waals surface area contributed by atoms with Gasteiger partial charge in [0.1, 0.15) is 11.0 Å². The number of nitrogens with zero attached hydrogens (tertiary/aromatic N) is 3. The zero-order chi connectivity index (χ0) is 21.3. The third kappa shape index (κ3) is 4.09. The molecule has 1 atom stereocenters. The molecule has 1 saturated heterocycles. The van der Waals surface area contributed by atoms with Crippen LogP contribution < -0.4 is 5.76 Å². The Labute approximate surface area is 182 Å². The number of hydrogen-bond donors (Lipinski definition) is 0. The van der Waals surface area contributed by atoms with E-state index in [9.17, 15) is 9.00 Å². The predicted octanol–water partition coefficient (Wildman–Crippen LogP) is 3.77. The highest BCUT2D eigenvalue weighted by atomic mass is 32.2. The molecule has 30 heavy (non-hydrogen) atoms. The average molecular weight is 442 g/mol. The number of rotatable bonds is 6. The normalized spacial score (nSPS) is 16.6. The molecule has 4 rings (SSSR count). The number of piperazine rings is 1. The lowest BCUT2D eigenvalue weighted by atomic mass is 10.1. The second-order valence-corrected chi connectivity index (χ2v) is 9.61. The highest BCUT2D eigenvalue weighted by molar-refractivity contribution is 7.97. The Morgan fingerprint density at radius 1 is 1.03 bits per heavy atom. The summed E-state index contributed by atoms with van der Waals surface area (Å²) in [7, 11) is 0.365. The minimum absolute atomic E-state index is 0.417. The Balaban J connectivity index is 1.40. The molecule has 3 aromatic rings. The minimum Gasteiger partial charge on any atom is -0.408 e. The summed E-state index contributed by atoms with van der Waals surface area (Å²) in [6, 6.07) is 11.5. The van der Waals surface area contributed by atoms with Crippen LogP contribution in [-0.2, 0) is 18.0 Å². The van der Waals surface area contributed by atoms with Crippen LogP contribution in [0.3, 0.4) is 0 Å². The van der Waals surface area contributed by atoms with E-state index in [1.165, 1.54) is 4.57 Å². The van der Waals surface area contributed by atoms with Crippen LogP contribution in [0.2, 0.25) is 0 Å². The molecule has 0 spiro atoms. The van der Waals surface area contributed by atoms with E-state index in [1.54, 1.807) is 37.2 Å². The van der Waals surface area contributed by atoms with Crippen molar-refractivity contribution in [1.29, 1.82) is 0 Å². The van der Waals surface area contributed by atoms with Gasteiger partial charge in [0.2, 0.25) is 0 Å². The van der Waals surface area contributed by atoms with Crippen LogP contribution in [-0.4, -0.2) is 43.6 Å². The molecule has 1 fully saturated rings. The molecule has 1 aliphatic rings. The van der Waals surface area contributed by atoms with E-state index in [0.717, 1.165) is 29.1 Å². The van der Waals surface area contributed by atoms with Gasteiger partial charge in [-0.1, -0.05) is 31.4 Å². The van der Waals surface area contributed by atoms with Crippen molar-refractivity contribution in [1.82, 2.24) is 13.2 Å². The summed E-state index contributed by atoms with van der Waals surface area (Å²) in [4.78, 5) is 13.5. The topological polar surface area (TPSA) is 58.7 Å². The van der Waals surface area contributed by atoms with Gasteiger partial charge < -0.3 is 4.42 Å². The zero-order valence-corrected chi connectivity index (χ0v) is 18.4. The molecule has 6 nitrogen and oxygen atoms in total. The van der Waals surface area contributed by atoms with Crippen molar-refractivity contribution in [3.05, 3.63) is 71.2 Å². The number of hydrogen-bond acceptors (Lipinski definition) is 5. The van der Waals surface area contributed by atoms with Crippen molar-refractivity contribution in [2.24, 2.45) is 7.05 Å². The Bertz CT molecular complexity index is 1190. The fourth-order valence-corrected chi connectivity index (χ4v) is 5.56. The molecule has 1 unspecified atom stereocenters. The van der Waals surface area contributed by atoms with Gasteiger partial charge in [-0.25, -0.2) is 17.6 Å².